The average Bonchev–Trinajstić information content (AvgIpc) is 3.51. The number of carbonyl (C=O) groups excluding carboxylic acids is 3. The van der Waals surface area contributed by atoms with Gasteiger partial charge >= 0.3 is 6.09 Å². The van der Waals surface area contributed by atoms with Gasteiger partial charge in [0.05, 0.1) is 4.90 Å². The summed E-state index contributed by atoms with van der Waals surface area (Å²) in [6.07, 6.45) is 1.89. The van der Waals surface area contributed by atoms with Crippen LogP contribution in [0.5, 0.6) is 0 Å². The quantitative estimate of drug-likeness (QED) is 0.114. The molecule has 1 saturated heterocycles. The van der Waals surface area contributed by atoms with Gasteiger partial charge in [0.15, 0.2) is 6.19 Å². The Labute approximate surface area is 254 Å². The maximum atomic E-state index is 13.8. The number of alkyl carbamates (subject to hydrolysis) is 1. The van der Waals surface area contributed by atoms with Crippen molar-refractivity contribution in [1.82, 2.24) is 15.5 Å². The molecule has 0 unspecified atom stereocenters. The van der Waals surface area contributed by atoms with Crippen LogP contribution in [0.2, 0.25) is 0 Å². The molecule has 2 atom stereocenters. The number of anilines is 1. The van der Waals surface area contributed by atoms with Crippen LogP contribution in [0.1, 0.15) is 24.0 Å². The highest BCUT2D eigenvalue weighted by atomic mass is 32.2. The molecule has 1 fully saturated rings. The number of guanidine groups is 1. The van der Waals surface area contributed by atoms with E-state index in [0.29, 0.717) is 25.1 Å². The predicted octanol–water partition coefficient (Wildman–Crippen LogP) is 2.23. The standard InChI is InChI=1S/C30H31N7O6S/c31-20-33-29(32)36-44(41,42)24-15-13-23(14-16-24)34-27(38)26-12-7-17-37(26)28(39)25(18-21-8-3-1-4-9-21)35-30(40)43-19-22-10-5-2-6-11-22/h1-6,8-11,13-16,25-26H,7,12,17-19H2,(H,34,38)(H,35,40)(H3,32,33,36)/t25-,26+/m1/s1. The van der Waals surface area contributed by atoms with E-state index in [1.165, 1.54) is 35.4 Å². The fraction of sp³-hybridized carbons (Fsp3) is 0.233. The van der Waals surface area contributed by atoms with E-state index in [2.05, 4.69) is 15.0 Å². The van der Waals surface area contributed by atoms with Gasteiger partial charge in [-0.3, -0.25) is 14.9 Å². The number of benzene rings is 3. The Morgan fingerprint density at radius 1 is 1.00 bits per heavy atom. The van der Waals surface area contributed by atoms with E-state index in [9.17, 15) is 22.8 Å². The highest BCUT2D eigenvalue weighted by Crippen LogP contribution is 2.22. The van der Waals surface area contributed by atoms with Crippen molar-refractivity contribution in [2.75, 3.05) is 11.9 Å². The molecule has 14 heteroatoms. The van der Waals surface area contributed by atoms with Crippen LogP contribution in [0.4, 0.5) is 10.5 Å². The molecule has 1 aliphatic rings. The lowest BCUT2D eigenvalue weighted by Crippen LogP contribution is -2.53. The molecule has 0 bridgehead atoms. The van der Waals surface area contributed by atoms with Gasteiger partial charge < -0.3 is 26.0 Å². The van der Waals surface area contributed by atoms with E-state index in [1.54, 1.807) is 0 Å². The zero-order chi connectivity index (χ0) is 31.5. The first-order valence-corrected chi connectivity index (χ1v) is 15.1. The number of hydrogen-bond donors (Lipinski definition) is 4. The third-order valence-electron chi connectivity index (χ3n) is 6.75. The smallest absolute Gasteiger partial charge is 0.408 e. The lowest BCUT2D eigenvalue weighted by molar-refractivity contribution is -0.138. The Bertz CT molecular complexity index is 1640. The number of sulfonamides is 1. The van der Waals surface area contributed by atoms with Crippen LogP contribution in [0.25, 0.3) is 0 Å². The highest BCUT2D eigenvalue weighted by Gasteiger charge is 2.38. The van der Waals surface area contributed by atoms with Crippen molar-refractivity contribution in [3.8, 4) is 6.19 Å². The lowest BCUT2D eigenvalue weighted by atomic mass is 10.0. The lowest BCUT2D eigenvalue weighted by Gasteiger charge is -2.28. The normalized spacial score (nSPS) is 15.5. The van der Waals surface area contributed by atoms with Crippen LogP contribution in [0.3, 0.4) is 0 Å². The Kier molecular flexibility index (Phi) is 10.5. The van der Waals surface area contributed by atoms with Crippen LogP contribution in [0, 0.1) is 11.5 Å². The first-order chi connectivity index (χ1) is 21.2. The first-order valence-electron chi connectivity index (χ1n) is 13.6. The second-order valence-electron chi connectivity index (χ2n) is 9.84. The van der Waals surface area contributed by atoms with Crippen molar-refractivity contribution in [3.63, 3.8) is 0 Å². The van der Waals surface area contributed by atoms with Gasteiger partial charge in [0, 0.05) is 18.7 Å². The summed E-state index contributed by atoms with van der Waals surface area (Å²) in [6, 6.07) is 21.7. The molecular formula is C30H31N7O6S. The second-order valence-corrected chi connectivity index (χ2v) is 11.4. The topological polar surface area (TPSA) is 196 Å². The summed E-state index contributed by atoms with van der Waals surface area (Å²) in [6.45, 7) is 0.348. The molecule has 0 aromatic heterocycles. The van der Waals surface area contributed by atoms with Crippen molar-refractivity contribution in [3.05, 3.63) is 96.1 Å². The largest absolute Gasteiger partial charge is 0.445 e. The fourth-order valence-electron chi connectivity index (χ4n) is 4.66. The Balaban J connectivity index is 1.44. The van der Waals surface area contributed by atoms with E-state index >= 15 is 0 Å². The van der Waals surface area contributed by atoms with Gasteiger partial charge in [-0.2, -0.15) is 13.7 Å². The van der Waals surface area contributed by atoms with Crippen molar-refractivity contribution < 1.29 is 27.5 Å². The van der Waals surface area contributed by atoms with Crippen LogP contribution < -0.4 is 21.7 Å². The molecule has 0 aliphatic carbocycles. The zero-order valence-corrected chi connectivity index (χ0v) is 24.4. The molecule has 0 spiro atoms. The molecular weight excluding hydrogens is 586 g/mol. The minimum Gasteiger partial charge on any atom is -0.445 e. The summed E-state index contributed by atoms with van der Waals surface area (Å²) < 4.78 is 33.4. The van der Waals surface area contributed by atoms with E-state index in [1.807, 2.05) is 66.0 Å². The maximum absolute atomic E-state index is 13.8. The van der Waals surface area contributed by atoms with Crippen LogP contribution >= 0.6 is 0 Å². The minimum absolute atomic E-state index is 0.0320. The van der Waals surface area contributed by atoms with Crippen molar-refractivity contribution >= 4 is 39.6 Å². The number of nitrogens with one attached hydrogen (secondary N) is 3. The third kappa shape index (κ3) is 8.55. The zero-order valence-electron chi connectivity index (χ0n) is 23.5. The Morgan fingerprint density at radius 2 is 1.64 bits per heavy atom. The van der Waals surface area contributed by atoms with Gasteiger partial charge in [-0.1, -0.05) is 60.7 Å². The molecule has 44 heavy (non-hydrogen) atoms. The van der Waals surface area contributed by atoms with Crippen molar-refractivity contribution in [1.29, 1.82) is 5.26 Å². The van der Waals surface area contributed by atoms with Crippen molar-refractivity contribution in [2.24, 2.45) is 10.1 Å². The Hall–Kier alpha value is -5.42. The number of rotatable bonds is 10. The van der Waals surface area contributed by atoms with Gasteiger partial charge in [-0.05, 0) is 48.2 Å². The maximum Gasteiger partial charge on any atom is 0.408 e. The van der Waals surface area contributed by atoms with Crippen molar-refractivity contribution in [2.45, 2.75) is 42.8 Å². The van der Waals surface area contributed by atoms with Gasteiger partial charge in [0.2, 0.25) is 17.8 Å². The fourth-order valence-corrected chi connectivity index (χ4v) is 5.55. The minimum atomic E-state index is -4.19. The average molecular weight is 618 g/mol. The molecule has 228 valence electrons. The number of amides is 3. The SMILES string of the molecule is N#CN/C(N)=N/S(=O)(=O)c1ccc(NC(=O)[C@@H]2CCCN2C(=O)[C@@H](Cc2ccccc2)NC(=O)OCc2ccccc2)cc1. The second kappa shape index (κ2) is 14.7. The van der Waals surface area contributed by atoms with Gasteiger partial charge in [-0.25, -0.2) is 4.79 Å². The summed E-state index contributed by atoms with van der Waals surface area (Å²) in [7, 11) is -4.19. The molecule has 3 amide bonds. The predicted molar refractivity (Wildman–Crippen MR) is 161 cm³/mol. The number of nitrogens with zero attached hydrogens (tertiary/aromatic N) is 3. The van der Waals surface area contributed by atoms with Gasteiger partial charge in [0.25, 0.3) is 10.0 Å². The Morgan fingerprint density at radius 3 is 2.27 bits per heavy atom. The van der Waals surface area contributed by atoms with E-state index < -0.39 is 46.0 Å². The van der Waals surface area contributed by atoms with Crippen LogP contribution in [-0.4, -0.2) is 55.8 Å². The third-order valence-corrected chi connectivity index (χ3v) is 8.05. The number of likely N-dealkylation sites (tertiary alicyclic amines) is 1. The summed E-state index contributed by atoms with van der Waals surface area (Å²) >= 11 is 0. The number of nitrogens with two attached hydrogens (primary N) is 1. The van der Waals surface area contributed by atoms with E-state index in [4.69, 9.17) is 15.7 Å². The molecule has 3 aromatic carbocycles. The highest BCUT2D eigenvalue weighted by molar-refractivity contribution is 7.90. The molecule has 5 N–H and O–H groups in total. The molecule has 4 rings (SSSR count). The number of nitriles is 1. The molecule has 0 saturated carbocycles. The number of carbonyl (C=O) groups is 3. The monoisotopic (exact) mass is 617 g/mol. The van der Waals surface area contributed by atoms with Crippen LogP contribution in [0.15, 0.2) is 94.2 Å². The molecule has 13 nitrogen and oxygen atoms in total. The number of hydrogen-bond acceptors (Lipinski definition) is 7. The summed E-state index contributed by atoms with van der Waals surface area (Å²) in [4.78, 5) is 41.0. The van der Waals surface area contributed by atoms with Crippen LogP contribution in [-0.2, 0) is 37.4 Å². The molecule has 0 radical (unpaired) electrons. The summed E-state index contributed by atoms with van der Waals surface area (Å²) in [5.41, 5.74) is 7.27. The molecule has 1 aliphatic heterocycles. The van der Waals surface area contributed by atoms with Gasteiger partial charge in [0.1, 0.15) is 18.7 Å². The van der Waals surface area contributed by atoms with Gasteiger partial charge in [-0.15, -0.1) is 4.40 Å². The first kappa shape index (κ1) is 31.5. The van der Waals surface area contributed by atoms with E-state index in [0.717, 1.165) is 11.1 Å². The summed E-state index contributed by atoms with van der Waals surface area (Å²) in [5.74, 6) is -1.47. The molecule has 1 heterocycles. The molecule has 3 aromatic rings. The number of ether oxygens (including phenoxy) is 1. The summed E-state index contributed by atoms with van der Waals surface area (Å²) in [5, 5.41) is 15.9. The van der Waals surface area contributed by atoms with E-state index in [-0.39, 0.29) is 17.9 Å².